The Balaban J connectivity index is 2.51. The van der Waals surface area contributed by atoms with Crippen molar-refractivity contribution in [1.29, 1.82) is 0 Å². The SMILES string of the molecule is CCOC(=O)/C=C/C=C/c1ccc(OC(C)C)cc1. The molecule has 0 aromatic heterocycles. The highest BCUT2D eigenvalue weighted by atomic mass is 16.5. The molecule has 0 aliphatic rings. The molecule has 3 heteroatoms. The number of carbonyl (C=O) groups excluding carboxylic acids is 1. The van der Waals surface area contributed by atoms with Gasteiger partial charge in [-0.05, 0) is 38.5 Å². The zero-order valence-electron chi connectivity index (χ0n) is 11.6. The summed E-state index contributed by atoms with van der Waals surface area (Å²) < 4.78 is 10.3. The molecule has 0 heterocycles. The summed E-state index contributed by atoms with van der Waals surface area (Å²) in [6.07, 6.45) is 6.95. The van der Waals surface area contributed by atoms with Gasteiger partial charge in [0.05, 0.1) is 12.7 Å². The molecule has 1 aromatic carbocycles. The quantitative estimate of drug-likeness (QED) is 0.445. The monoisotopic (exact) mass is 260 g/mol. The van der Waals surface area contributed by atoms with Crippen LogP contribution >= 0.6 is 0 Å². The van der Waals surface area contributed by atoms with Crippen molar-refractivity contribution in [2.45, 2.75) is 26.9 Å². The second kappa shape index (κ2) is 8.14. The molecule has 0 spiro atoms. The van der Waals surface area contributed by atoms with E-state index < -0.39 is 0 Å². The molecule has 0 saturated heterocycles. The number of ether oxygens (including phenoxy) is 2. The first-order chi connectivity index (χ1) is 9.11. The van der Waals surface area contributed by atoms with Crippen LogP contribution in [0.3, 0.4) is 0 Å². The van der Waals surface area contributed by atoms with Crippen molar-refractivity contribution in [3.8, 4) is 5.75 Å². The molecule has 0 amide bonds. The lowest BCUT2D eigenvalue weighted by atomic mass is 10.2. The Morgan fingerprint density at radius 2 is 1.89 bits per heavy atom. The van der Waals surface area contributed by atoms with Crippen LogP contribution in [0.2, 0.25) is 0 Å². The molecule has 0 fully saturated rings. The van der Waals surface area contributed by atoms with Crippen LogP contribution in [0.25, 0.3) is 6.08 Å². The van der Waals surface area contributed by atoms with Crippen LogP contribution < -0.4 is 4.74 Å². The van der Waals surface area contributed by atoms with Gasteiger partial charge in [0.15, 0.2) is 0 Å². The van der Waals surface area contributed by atoms with E-state index in [2.05, 4.69) is 0 Å². The molecule has 1 aromatic rings. The van der Waals surface area contributed by atoms with Crippen molar-refractivity contribution in [3.63, 3.8) is 0 Å². The summed E-state index contributed by atoms with van der Waals surface area (Å²) in [6.45, 7) is 6.16. The summed E-state index contributed by atoms with van der Waals surface area (Å²) in [5.74, 6) is 0.530. The number of esters is 1. The van der Waals surface area contributed by atoms with Crippen molar-refractivity contribution in [2.24, 2.45) is 0 Å². The van der Waals surface area contributed by atoms with Gasteiger partial charge in [0.2, 0.25) is 0 Å². The standard InChI is InChI=1S/C16H20O3/c1-4-18-16(17)8-6-5-7-14-9-11-15(12-10-14)19-13(2)3/h5-13H,4H2,1-3H3/b7-5+,8-6+. The molecule has 0 bridgehead atoms. The number of hydrogen-bond acceptors (Lipinski definition) is 3. The van der Waals surface area contributed by atoms with E-state index in [1.54, 1.807) is 19.1 Å². The first kappa shape index (κ1) is 15.0. The van der Waals surface area contributed by atoms with Crippen molar-refractivity contribution in [1.82, 2.24) is 0 Å². The molecule has 3 nitrogen and oxygen atoms in total. The highest BCUT2D eigenvalue weighted by molar-refractivity contribution is 5.82. The van der Waals surface area contributed by atoms with Gasteiger partial charge < -0.3 is 9.47 Å². The van der Waals surface area contributed by atoms with Crippen molar-refractivity contribution >= 4 is 12.0 Å². The average molecular weight is 260 g/mol. The number of benzene rings is 1. The number of rotatable bonds is 6. The van der Waals surface area contributed by atoms with Crippen molar-refractivity contribution < 1.29 is 14.3 Å². The van der Waals surface area contributed by atoms with E-state index in [-0.39, 0.29) is 12.1 Å². The lowest BCUT2D eigenvalue weighted by molar-refractivity contribution is -0.137. The van der Waals surface area contributed by atoms with Crippen LogP contribution in [-0.2, 0) is 9.53 Å². The third-order valence-electron chi connectivity index (χ3n) is 2.17. The minimum absolute atomic E-state index is 0.175. The fraction of sp³-hybridized carbons (Fsp3) is 0.312. The summed E-state index contributed by atoms with van der Waals surface area (Å²) in [7, 11) is 0. The molecule has 0 aliphatic carbocycles. The van der Waals surface area contributed by atoms with E-state index in [1.807, 2.05) is 44.2 Å². The van der Waals surface area contributed by atoms with Gasteiger partial charge in [-0.3, -0.25) is 0 Å². The summed E-state index contributed by atoms with van der Waals surface area (Å²) in [5.41, 5.74) is 1.05. The molecule has 0 aliphatic heterocycles. The van der Waals surface area contributed by atoms with Crippen LogP contribution in [-0.4, -0.2) is 18.7 Å². The molecule has 0 N–H and O–H groups in total. The smallest absolute Gasteiger partial charge is 0.330 e. The number of allylic oxidation sites excluding steroid dienone is 2. The third kappa shape index (κ3) is 6.46. The molecule has 102 valence electrons. The lowest BCUT2D eigenvalue weighted by Crippen LogP contribution is -2.05. The van der Waals surface area contributed by atoms with Gasteiger partial charge in [0.25, 0.3) is 0 Å². The van der Waals surface area contributed by atoms with Gasteiger partial charge >= 0.3 is 5.97 Å². The van der Waals surface area contributed by atoms with Crippen LogP contribution in [0.15, 0.2) is 42.5 Å². The van der Waals surface area contributed by atoms with Crippen molar-refractivity contribution in [3.05, 3.63) is 48.1 Å². The van der Waals surface area contributed by atoms with Gasteiger partial charge in [-0.15, -0.1) is 0 Å². The van der Waals surface area contributed by atoms with Gasteiger partial charge in [0, 0.05) is 6.08 Å². The topological polar surface area (TPSA) is 35.5 Å². The third-order valence-corrected chi connectivity index (χ3v) is 2.17. The van der Waals surface area contributed by atoms with E-state index in [9.17, 15) is 4.79 Å². The first-order valence-electron chi connectivity index (χ1n) is 6.40. The molecule has 0 unspecified atom stereocenters. The molecule has 0 radical (unpaired) electrons. The summed E-state index contributed by atoms with van der Waals surface area (Å²) >= 11 is 0. The second-order valence-electron chi connectivity index (χ2n) is 4.21. The van der Waals surface area contributed by atoms with E-state index >= 15 is 0 Å². The maximum Gasteiger partial charge on any atom is 0.330 e. The maximum atomic E-state index is 11.0. The molecule has 1 rings (SSSR count). The summed E-state index contributed by atoms with van der Waals surface area (Å²) in [6, 6.07) is 7.78. The maximum absolute atomic E-state index is 11.0. The van der Waals surface area contributed by atoms with E-state index in [4.69, 9.17) is 9.47 Å². The highest BCUT2D eigenvalue weighted by Crippen LogP contribution is 2.14. The fourth-order valence-corrected chi connectivity index (χ4v) is 1.42. The molecule has 0 atom stereocenters. The van der Waals surface area contributed by atoms with Crippen LogP contribution in [0.4, 0.5) is 0 Å². The Hall–Kier alpha value is -2.03. The van der Waals surface area contributed by atoms with Gasteiger partial charge in [0.1, 0.15) is 5.75 Å². The summed E-state index contributed by atoms with van der Waals surface area (Å²) in [5, 5.41) is 0. The Kier molecular flexibility index (Phi) is 6.44. The first-order valence-corrected chi connectivity index (χ1v) is 6.40. The number of hydrogen-bond donors (Lipinski definition) is 0. The largest absolute Gasteiger partial charge is 0.491 e. The Morgan fingerprint density at radius 3 is 2.47 bits per heavy atom. The Labute approximate surface area is 114 Å². The van der Waals surface area contributed by atoms with Gasteiger partial charge in [-0.1, -0.05) is 30.4 Å². The van der Waals surface area contributed by atoms with Crippen LogP contribution in [0.1, 0.15) is 26.3 Å². The van der Waals surface area contributed by atoms with E-state index in [0.29, 0.717) is 6.61 Å². The predicted octanol–water partition coefficient (Wildman–Crippen LogP) is 3.61. The zero-order chi connectivity index (χ0) is 14.1. The Morgan fingerprint density at radius 1 is 1.21 bits per heavy atom. The van der Waals surface area contributed by atoms with Gasteiger partial charge in [-0.2, -0.15) is 0 Å². The van der Waals surface area contributed by atoms with E-state index in [1.165, 1.54) is 6.08 Å². The van der Waals surface area contributed by atoms with Crippen LogP contribution in [0, 0.1) is 0 Å². The molecular weight excluding hydrogens is 240 g/mol. The fourth-order valence-electron chi connectivity index (χ4n) is 1.42. The zero-order valence-corrected chi connectivity index (χ0v) is 11.6. The predicted molar refractivity (Wildman–Crippen MR) is 77.0 cm³/mol. The average Bonchev–Trinajstić information content (AvgIpc) is 2.36. The minimum atomic E-state index is -0.326. The normalized spacial score (nSPS) is 11.4. The molecule has 19 heavy (non-hydrogen) atoms. The van der Waals surface area contributed by atoms with Crippen molar-refractivity contribution in [2.75, 3.05) is 6.61 Å². The van der Waals surface area contributed by atoms with E-state index in [0.717, 1.165) is 11.3 Å². The lowest BCUT2D eigenvalue weighted by Gasteiger charge is -2.09. The number of carbonyl (C=O) groups is 1. The van der Waals surface area contributed by atoms with Crippen LogP contribution in [0.5, 0.6) is 5.75 Å². The van der Waals surface area contributed by atoms with Gasteiger partial charge in [-0.25, -0.2) is 4.79 Å². The summed E-state index contributed by atoms with van der Waals surface area (Å²) in [4.78, 5) is 11.0. The minimum Gasteiger partial charge on any atom is -0.491 e. The Bertz CT molecular complexity index is 442. The highest BCUT2D eigenvalue weighted by Gasteiger charge is 1.96. The second-order valence-corrected chi connectivity index (χ2v) is 4.21. The molecular formula is C16H20O3. The molecule has 0 saturated carbocycles.